The summed E-state index contributed by atoms with van der Waals surface area (Å²) in [5.41, 5.74) is 1.87. The van der Waals surface area contributed by atoms with Gasteiger partial charge in [0.05, 0.1) is 6.42 Å². The molecule has 3 rings (SSSR count). The summed E-state index contributed by atoms with van der Waals surface area (Å²) in [6.45, 7) is 2.35. The van der Waals surface area contributed by atoms with E-state index in [0.717, 1.165) is 17.0 Å². The third-order valence-corrected chi connectivity index (χ3v) is 3.40. The normalized spacial score (nSPS) is 16.3. The average Bonchev–Trinajstić information content (AvgIpc) is 2.49. The van der Waals surface area contributed by atoms with Crippen LogP contribution in [0, 0.1) is 6.92 Å². The number of carbonyl (C=O) groups is 1. The molecule has 0 saturated heterocycles. The summed E-state index contributed by atoms with van der Waals surface area (Å²) in [6.07, 6.45) is 0.00628. The predicted molar refractivity (Wildman–Crippen MR) is 80.8 cm³/mol. The van der Waals surface area contributed by atoms with Crippen molar-refractivity contribution in [2.75, 3.05) is 11.9 Å². The highest BCUT2D eigenvalue weighted by Crippen LogP contribution is 2.31. The molecule has 4 heteroatoms. The van der Waals surface area contributed by atoms with Gasteiger partial charge < -0.3 is 14.8 Å². The van der Waals surface area contributed by atoms with Crippen LogP contribution < -0.4 is 14.8 Å². The van der Waals surface area contributed by atoms with E-state index in [4.69, 9.17) is 9.47 Å². The number of aryl methyl sites for hydroxylation is 1. The minimum Gasteiger partial charge on any atom is -0.486 e. The predicted octanol–water partition coefficient (Wildman–Crippen LogP) is 3.16. The van der Waals surface area contributed by atoms with E-state index >= 15 is 0 Å². The molecule has 0 fully saturated rings. The number of anilines is 1. The van der Waals surface area contributed by atoms with Gasteiger partial charge in [-0.1, -0.05) is 30.3 Å². The molecule has 108 valence electrons. The first-order chi connectivity index (χ1) is 10.2. The lowest BCUT2D eigenvalue weighted by Gasteiger charge is -2.26. The van der Waals surface area contributed by atoms with E-state index in [1.165, 1.54) is 0 Å². The first-order valence-corrected chi connectivity index (χ1v) is 6.96. The van der Waals surface area contributed by atoms with E-state index in [9.17, 15) is 4.79 Å². The maximum absolute atomic E-state index is 12.1. The van der Waals surface area contributed by atoms with E-state index in [1.807, 2.05) is 55.5 Å². The molecule has 0 bridgehead atoms. The summed E-state index contributed by atoms with van der Waals surface area (Å²) in [7, 11) is 0. The molecular formula is C17H17NO3. The number of para-hydroxylation sites is 3. The maximum Gasteiger partial charge on any atom is 0.228 e. The lowest BCUT2D eigenvalue weighted by molar-refractivity contribution is -0.118. The monoisotopic (exact) mass is 283 g/mol. The molecule has 0 radical (unpaired) electrons. The number of ether oxygens (including phenoxy) is 2. The Morgan fingerprint density at radius 1 is 1.14 bits per heavy atom. The molecule has 1 amide bonds. The van der Waals surface area contributed by atoms with E-state index in [0.29, 0.717) is 12.4 Å². The molecule has 1 aliphatic rings. The fourth-order valence-electron chi connectivity index (χ4n) is 2.28. The van der Waals surface area contributed by atoms with Gasteiger partial charge in [-0.25, -0.2) is 0 Å². The number of fused-ring (bicyclic) bond motifs is 1. The number of carbonyl (C=O) groups excluding carboxylic acids is 1. The van der Waals surface area contributed by atoms with Crippen molar-refractivity contribution in [2.45, 2.75) is 19.4 Å². The Morgan fingerprint density at radius 3 is 2.67 bits per heavy atom. The fourth-order valence-corrected chi connectivity index (χ4v) is 2.28. The molecule has 1 atom stereocenters. The summed E-state index contributed by atoms with van der Waals surface area (Å²) in [4.78, 5) is 12.1. The summed E-state index contributed by atoms with van der Waals surface area (Å²) < 4.78 is 11.4. The molecule has 1 heterocycles. The molecule has 0 aliphatic carbocycles. The van der Waals surface area contributed by atoms with Gasteiger partial charge in [0, 0.05) is 5.69 Å². The lowest BCUT2D eigenvalue weighted by Crippen LogP contribution is -2.33. The molecule has 2 aromatic carbocycles. The van der Waals surface area contributed by atoms with Gasteiger partial charge in [-0.15, -0.1) is 0 Å². The van der Waals surface area contributed by atoms with Crippen molar-refractivity contribution in [1.82, 2.24) is 0 Å². The van der Waals surface area contributed by atoms with E-state index in [1.54, 1.807) is 0 Å². The minimum atomic E-state index is -0.260. The third kappa shape index (κ3) is 3.16. The number of hydrogen-bond donors (Lipinski definition) is 1. The summed E-state index contributed by atoms with van der Waals surface area (Å²) >= 11 is 0. The summed E-state index contributed by atoms with van der Waals surface area (Å²) in [5.74, 6) is 1.35. The Labute approximate surface area is 123 Å². The molecule has 4 nitrogen and oxygen atoms in total. The van der Waals surface area contributed by atoms with Crippen LogP contribution in [0.5, 0.6) is 11.5 Å². The molecule has 0 spiro atoms. The number of amides is 1. The quantitative estimate of drug-likeness (QED) is 0.941. The second-order valence-corrected chi connectivity index (χ2v) is 5.06. The number of nitrogens with one attached hydrogen (secondary N) is 1. The van der Waals surface area contributed by atoms with Gasteiger partial charge in [-0.05, 0) is 30.7 Å². The van der Waals surface area contributed by atoms with Crippen molar-refractivity contribution in [3.05, 3.63) is 54.1 Å². The van der Waals surface area contributed by atoms with E-state index in [-0.39, 0.29) is 18.4 Å². The highest BCUT2D eigenvalue weighted by molar-refractivity contribution is 5.91. The fraction of sp³-hybridized carbons (Fsp3) is 0.235. The zero-order valence-electron chi connectivity index (χ0n) is 11.8. The highest BCUT2D eigenvalue weighted by atomic mass is 16.6. The van der Waals surface area contributed by atoms with Crippen LogP contribution in [-0.4, -0.2) is 18.6 Å². The Hall–Kier alpha value is -2.49. The van der Waals surface area contributed by atoms with Crippen LogP contribution in [0.15, 0.2) is 48.5 Å². The van der Waals surface area contributed by atoms with Crippen LogP contribution in [0.4, 0.5) is 5.69 Å². The lowest BCUT2D eigenvalue weighted by atomic mass is 10.2. The van der Waals surface area contributed by atoms with Gasteiger partial charge >= 0.3 is 0 Å². The van der Waals surface area contributed by atoms with Crippen molar-refractivity contribution in [2.24, 2.45) is 0 Å². The van der Waals surface area contributed by atoms with Crippen LogP contribution >= 0.6 is 0 Å². The topological polar surface area (TPSA) is 47.6 Å². The zero-order chi connectivity index (χ0) is 14.7. The second-order valence-electron chi connectivity index (χ2n) is 5.06. The Kier molecular flexibility index (Phi) is 3.77. The molecule has 0 aromatic heterocycles. The average molecular weight is 283 g/mol. The van der Waals surface area contributed by atoms with Gasteiger partial charge in [-0.3, -0.25) is 4.79 Å². The standard InChI is InChI=1S/C17H17NO3/c1-12-6-2-3-7-14(12)18-17(19)10-13-11-20-15-8-4-5-9-16(15)21-13/h2-9,13H,10-11H2,1H3,(H,18,19)/t13-/m0/s1. The Morgan fingerprint density at radius 2 is 1.86 bits per heavy atom. The Balaban J connectivity index is 1.60. The second kappa shape index (κ2) is 5.87. The van der Waals surface area contributed by atoms with Crippen LogP contribution in [0.2, 0.25) is 0 Å². The van der Waals surface area contributed by atoms with E-state index < -0.39 is 0 Å². The molecule has 0 unspecified atom stereocenters. The van der Waals surface area contributed by atoms with Crippen LogP contribution in [0.3, 0.4) is 0 Å². The van der Waals surface area contributed by atoms with E-state index in [2.05, 4.69) is 5.32 Å². The summed E-state index contributed by atoms with van der Waals surface area (Å²) in [6, 6.07) is 15.2. The van der Waals surface area contributed by atoms with Gasteiger partial charge in [-0.2, -0.15) is 0 Å². The van der Waals surface area contributed by atoms with Crippen molar-refractivity contribution in [1.29, 1.82) is 0 Å². The largest absolute Gasteiger partial charge is 0.486 e. The first kappa shape index (κ1) is 13.5. The van der Waals surface area contributed by atoms with Crippen molar-refractivity contribution < 1.29 is 14.3 Å². The molecule has 2 aromatic rings. The van der Waals surface area contributed by atoms with Gasteiger partial charge in [0.1, 0.15) is 12.7 Å². The molecule has 21 heavy (non-hydrogen) atoms. The van der Waals surface area contributed by atoms with Gasteiger partial charge in [0.15, 0.2) is 11.5 Å². The van der Waals surface area contributed by atoms with Gasteiger partial charge in [0.25, 0.3) is 0 Å². The maximum atomic E-state index is 12.1. The van der Waals surface area contributed by atoms with Crippen LogP contribution in [-0.2, 0) is 4.79 Å². The SMILES string of the molecule is Cc1ccccc1NC(=O)C[C@H]1COc2ccccc2O1. The van der Waals surface area contributed by atoms with Crippen molar-refractivity contribution in [3.63, 3.8) is 0 Å². The van der Waals surface area contributed by atoms with Crippen molar-refractivity contribution in [3.8, 4) is 11.5 Å². The van der Waals surface area contributed by atoms with Crippen LogP contribution in [0.1, 0.15) is 12.0 Å². The Bertz CT molecular complexity index is 654. The van der Waals surface area contributed by atoms with Gasteiger partial charge in [0.2, 0.25) is 5.91 Å². The summed E-state index contributed by atoms with van der Waals surface area (Å²) in [5, 5.41) is 2.91. The smallest absolute Gasteiger partial charge is 0.228 e. The number of hydrogen-bond acceptors (Lipinski definition) is 3. The van der Waals surface area contributed by atoms with Crippen molar-refractivity contribution >= 4 is 11.6 Å². The number of benzene rings is 2. The zero-order valence-corrected chi connectivity index (χ0v) is 11.8. The highest BCUT2D eigenvalue weighted by Gasteiger charge is 2.23. The minimum absolute atomic E-state index is 0.0720. The number of rotatable bonds is 3. The molecule has 1 N–H and O–H groups in total. The molecule has 1 aliphatic heterocycles. The third-order valence-electron chi connectivity index (χ3n) is 3.40. The molecule has 0 saturated carbocycles. The first-order valence-electron chi connectivity index (χ1n) is 6.96. The van der Waals surface area contributed by atoms with Crippen LogP contribution in [0.25, 0.3) is 0 Å². The molecular weight excluding hydrogens is 266 g/mol.